The number of benzene rings is 2. The van der Waals surface area contributed by atoms with Crippen LogP contribution in [0.2, 0.25) is 5.02 Å². The van der Waals surface area contributed by atoms with Crippen LogP contribution in [0, 0.1) is 5.82 Å². The van der Waals surface area contributed by atoms with Gasteiger partial charge in [-0.1, -0.05) is 17.7 Å². The fourth-order valence-corrected chi connectivity index (χ4v) is 1.88. The first-order chi connectivity index (χ1) is 9.47. The molecule has 0 aromatic heterocycles. The Kier molecular flexibility index (Phi) is 4.35. The van der Waals surface area contributed by atoms with Crippen LogP contribution in [-0.2, 0) is 6.61 Å². The summed E-state index contributed by atoms with van der Waals surface area (Å²) in [7, 11) is 3.85. The number of rotatable bonds is 4. The lowest BCUT2D eigenvalue weighted by atomic mass is 10.2. The van der Waals surface area contributed by atoms with Crippen molar-refractivity contribution in [2.75, 3.05) is 24.7 Å². The van der Waals surface area contributed by atoms with Gasteiger partial charge in [-0.05, 0) is 24.3 Å². The van der Waals surface area contributed by atoms with Gasteiger partial charge >= 0.3 is 0 Å². The molecule has 0 atom stereocenters. The summed E-state index contributed by atoms with van der Waals surface area (Å²) in [5, 5.41) is 0.361. The molecule has 20 heavy (non-hydrogen) atoms. The second kappa shape index (κ2) is 6.01. The van der Waals surface area contributed by atoms with Crippen molar-refractivity contribution < 1.29 is 9.13 Å². The van der Waals surface area contributed by atoms with Gasteiger partial charge in [0, 0.05) is 36.4 Å². The second-order valence-corrected chi connectivity index (χ2v) is 5.08. The third kappa shape index (κ3) is 3.33. The maximum Gasteiger partial charge on any atom is 0.144 e. The normalized spacial score (nSPS) is 10.4. The molecule has 0 saturated carbocycles. The molecule has 0 bridgehead atoms. The third-order valence-corrected chi connectivity index (χ3v) is 3.15. The van der Waals surface area contributed by atoms with Crippen LogP contribution >= 0.6 is 11.6 Å². The molecule has 2 aromatic carbocycles. The van der Waals surface area contributed by atoms with Gasteiger partial charge in [-0.15, -0.1) is 0 Å². The molecule has 0 radical (unpaired) electrons. The minimum atomic E-state index is -0.389. The van der Waals surface area contributed by atoms with E-state index in [0.717, 1.165) is 5.69 Å². The number of hydrogen-bond acceptors (Lipinski definition) is 3. The number of ether oxygens (including phenoxy) is 1. The molecule has 0 spiro atoms. The average Bonchev–Trinajstić information content (AvgIpc) is 2.39. The van der Waals surface area contributed by atoms with Gasteiger partial charge in [-0.25, -0.2) is 4.39 Å². The number of anilines is 2. The zero-order valence-corrected chi connectivity index (χ0v) is 12.1. The molecule has 0 saturated heterocycles. The molecule has 3 nitrogen and oxygen atoms in total. The SMILES string of the molecule is CN(C)c1ccc(N)c(OCc2ccc(Cl)cc2F)c1. The fraction of sp³-hybridized carbons (Fsp3) is 0.200. The van der Waals surface area contributed by atoms with Crippen molar-refractivity contribution in [2.45, 2.75) is 6.61 Å². The Morgan fingerprint density at radius 1 is 1.20 bits per heavy atom. The standard InChI is InChI=1S/C15H16ClFN2O/c1-19(2)12-5-6-14(18)15(8-12)20-9-10-3-4-11(16)7-13(10)17/h3-8H,9,18H2,1-2H3. The van der Waals surface area contributed by atoms with Crippen LogP contribution in [0.1, 0.15) is 5.56 Å². The summed E-state index contributed by atoms with van der Waals surface area (Å²) in [5.74, 6) is 0.144. The van der Waals surface area contributed by atoms with Crippen molar-refractivity contribution >= 4 is 23.0 Å². The zero-order valence-electron chi connectivity index (χ0n) is 11.4. The Morgan fingerprint density at radius 3 is 2.60 bits per heavy atom. The van der Waals surface area contributed by atoms with Gasteiger partial charge < -0.3 is 15.4 Å². The smallest absolute Gasteiger partial charge is 0.144 e. The molecule has 0 aliphatic rings. The average molecular weight is 295 g/mol. The van der Waals surface area contributed by atoms with E-state index in [9.17, 15) is 4.39 Å². The first kappa shape index (κ1) is 14.5. The van der Waals surface area contributed by atoms with E-state index in [2.05, 4.69) is 0 Å². The van der Waals surface area contributed by atoms with Crippen LogP contribution in [0.3, 0.4) is 0 Å². The van der Waals surface area contributed by atoms with E-state index in [-0.39, 0.29) is 12.4 Å². The summed E-state index contributed by atoms with van der Waals surface area (Å²) in [6, 6.07) is 9.98. The van der Waals surface area contributed by atoms with Gasteiger partial charge in [0.05, 0.1) is 5.69 Å². The summed E-state index contributed by atoms with van der Waals surface area (Å²) in [5.41, 5.74) is 7.77. The Bertz CT molecular complexity index is 617. The first-order valence-electron chi connectivity index (χ1n) is 6.11. The van der Waals surface area contributed by atoms with E-state index in [1.807, 2.05) is 31.1 Å². The number of halogens is 2. The van der Waals surface area contributed by atoms with Gasteiger partial charge in [0.1, 0.15) is 18.2 Å². The Morgan fingerprint density at radius 2 is 1.95 bits per heavy atom. The molecule has 2 rings (SSSR count). The summed E-state index contributed by atoms with van der Waals surface area (Å²) >= 11 is 5.71. The molecule has 0 aliphatic carbocycles. The van der Waals surface area contributed by atoms with E-state index >= 15 is 0 Å². The highest BCUT2D eigenvalue weighted by Gasteiger charge is 2.07. The Labute approximate surface area is 122 Å². The van der Waals surface area contributed by atoms with E-state index in [1.54, 1.807) is 18.2 Å². The number of nitrogens with two attached hydrogens (primary N) is 1. The van der Waals surface area contributed by atoms with Crippen molar-refractivity contribution in [1.82, 2.24) is 0 Å². The predicted molar refractivity (Wildman–Crippen MR) is 80.9 cm³/mol. The van der Waals surface area contributed by atoms with E-state index in [1.165, 1.54) is 6.07 Å². The van der Waals surface area contributed by atoms with Crippen molar-refractivity contribution in [3.63, 3.8) is 0 Å². The molecular formula is C15H16ClFN2O. The maximum absolute atomic E-state index is 13.7. The molecule has 2 aromatic rings. The highest BCUT2D eigenvalue weighted by molar-refractivity contribution is 6.30. The topological polar surface area (TPSA) is 38.5 Å². The third-order valence-electron chi connectivity index (χ3n) is 2.91. The molecule has 0 unspecified atom stereocenters. The predicted octanol–water partition coefficient (Wildman–Crippen LogP) is 3.71. The van der Waals surface area contributed by atoms with Crippen LogP contribution in [0.25, 0.3) is 0 Å². The van der Waals surface area contributed by atoms with Crippen LogP contribution in [0.15, 0.2) is 36.4 Å². The lowest BCUT2D eigenvalue weighted by Crippen LogP contribution is -2.09. The van der Waals surface area contributed by atoms with Gasteiger partial charge in [0.2, 0.25) is 0 Å². The summed E-state index contributed by atoms with van der Waals surface area (Å²) in [4.78, 5) is 1.94. The quantitative estimate of drug-likeness (QED) is 0.874. The summed E-state index contributed by atoms with van der Waals surface area (Å²) in [6.07, 6.45) is 0. The Balaban J connectivity index is 2.16. The van der Waals surface area contributed by atoms with Crippen molar-refractivity contribution in [2.24, 2.45) is 0 Å². The second-order valence-electron chi connectivity index (χ2n) is 4.64. The maximum atomic E-state index is 13.7. The molecule has 106 valence electrons. The number of hydrogen-bond donors (Lipinski definition) is 1. The highest BCUT2D eigenvalue weighted by Crippen LogP contribution is 2.28. The molecule has 0 heterocycles. The number of nitrogen functional groups attached to an aromatic ring is 1. The molecule has 2 N–H and O–H groups in total. The Hall–Kier alpha value is -1.94. The van der Waals surface area contributed by atoms with Crippen molar-refractivity contribution in [3.8, 4) is 5.75 Å². The molecule has 0 amide bonds. The monoisotopic (exact) mass is 294 g/mol. The minimum absolute atomic E-state index is 0.101. The molecule has 0 aliphatic heterocycles. The molecule has 0 fully saturated rings. The number of nitrogens with zero attached hydrogens (tertiary/aromatic N) is 1. The lowest BCUT2D eigenvalue weighted by Gasteiger charge is -2.16. The summed E-state index contributed by atoms with van der Waals surface area (Å²) in [6.45, 7) is 0.101. The van der Waals surface area contributed by atoms with E-state index in [4.69, 9.17) is 22.1 Å². The molecule has 5 heteroatoms. The van der Waals surface area contributed by atoms with Crippen LogP contribution in [0.5, 0.6) is 5.75 Å². The lowest BCUT2D eigenvalue weighted by molar-refractivity contribution is 0.301. The van der Waals surface area contributed by atoms with Gasteiger partial charge in [0.25, 0.3) is 0 Å². The zero-order chi connectivity index (χ0) is 14.7. The van der Waals surface area contributed by atoms with E-state index < -0.39 is 0 Å². The fourth-order valence-electron chi connectivity index (χ4n) is 1.72. The van der Waals surface area contributed by atoms with E-state index in [0.29, 0.717) is 22.0 Å². The largest absolute Gasteiger partial charge is 0.487 e. The van der Waals surface area contributed by atoms with Crippen LogP contribution in [0.4, 0.5) is 15.8 Å². The highest BCUT2D eigenvalue weighted by atomic mass is 35.5. The van der Waals surface area contributed by atoms with Gasteiger partial charge in [0.15, 0.2) is 0 Å². The van der Waals surface area contributed by atoms with Gasteiger partial charge in [-0.3, -0.25) is 0 Å². The minimum Gasteiger partial charge on any atom is -0.487 e. The van der Waals surface area contributed by atoms with Crippen LogP contribution < -0.4 is 15.4 Å². The van der Waals surface area contributed by atoms with Crippen molar-refractivity contribution in [1.29, 1.82) is 0 Å². The summed E-state index contributed by atoms with van der Waals surface area (Å²) < 4.78 is 19.3. The molecular weight excluding hydrogens is 279 g/mol. The first-order valence-corrected chi connectivity index (χ1v) is 6.49. The van der Waals surface area contributed by atoms with Crippen molar-refractivity contribution in [3.05, 3.63) is 52.8 Å². The van der Waals surface area contributed by atoms with Crippen LogP contribution in [-0.4, -0.2) is 14.1 Å². The van der Waals surface area contributed by atoms with Gasteiger partial charge in [-0.2, -0.15) is 0 Å².